The molecule has 2 aromatic carbocycles. The molecule has 2 fully saturated rings. The number of benzene rings is 2. The van der Waals surface area contributed by atoms with Crippen molar-refractivity contribution in [1.82, 2.24) is 10.2 Å². The molecule has 1 N–H and O–H groups in total. The average Bonchev–Trinajstić information content (AvgIpc) is 3.51. The largest absolute Gasteiger partial charge is 0.456 e. The van der Waals surface area contributed by atoms with Gasteiger partial charge in [-0.05, 0) is 59.9 Å². The zero-order valence-corrected chi connectivity index (χ0v) is 23.8. The molecule has 2 aromatic rings. The summed E-state index contributed by atoms with van der Waals surface area (Å²) in [4.78, 5) is 52.7. The summed E-state index contributed by atoms with van der Waals surface area (Å²) in [5.74, 6) is -5.35. The van der Waals surface area contributed by atoms with Gasteiger partial charge in [0.05, 0.1) is 7.11 Å². The highest BCUT2D eigenvalue weighted by atomic mass is 79.9. The van der Waals surface area contributed by atoms with E-state index < -0.39 is 48.4 Å². The van der Waals surface area contributed by atoms with E-state index in [-0.39, 0.29) is 28.0 Å². The lowest BCUT2D eigenvalue weighted by atomic mass is 10.0. The number of carbonyl (C=O) groups excluding carboxylic acids is 4. The zero-order valence-electron chi connectivity index (χ0n) is 22.3. The standard InChI is InChI=1S/C29H29BrF2N2O6/c1-15(2)24(33-27(38)39-3)25(36)34-14-28(8-9-28)12-22(34)26(37)40-13-23(35)16-4-6-18-19-7-5-17(30)11-21(19)29(31,32)20(18)10-16/h4-7,10-11,15,22,24H,8-9,12-14H2,1-3H3,(H,33,38). The van der Waals surface area contributed by atoms with Gasteiger partial charge in [0.25, 0.3) is 5.92 Å². The number of nitrogens with zero attached hydrogens (tertiary/aromatic N) is 1. The van der Waals surface area contributed by atoms with Gasteiger partial charge in [0.1, 0.15) is 12.1 Å². The predicted octanol–water partition coefficient (Wildman–Crippen LogP) is 5.06. The van der Waals surface area contributed by atoms with Crippen molar-refractivity contribution in [2.75, 3.05) is 20.3 Å². The Morgan fingerprint density at radius 2 is 1.73 bits per heavy atom. The number of halogens is 3. The molecule has 2 aliphatic carbocycles. The van der Waals surface area contributed by atoms with Gasteiger partial charge in [-0.25, -0.2) is 9.59 Å². The molecule has 1 heterocycles. The van der Waals surface area contributed by atoms with Gasteiger partial charge in [0.15, 0.2) is 12.4 Å². The molecule has 1 spiro atoms. The van der Waals surface area contributed by atoms with Crippen LogP contribution in [0.2, 0.25) is 0 Å². The normalized spacial score (nSPS) is 20.1. The van der Waals surface area contributed by atoms with Gasteiger partial charge in [-0.2, -0.15) is 8.78 Å². The maximum atomic E-state index is 15.2. The number of carbonyl (C=O) groups is 4. The van der Waals surface area contributed by atoms with E-state index in [2.05, 4.69) is 26.0 Å². The number of hydrogen-bond acceptors (Lipinski definition) is 6. The third kappa shape index (κ3) is 5.00. The lowest BCUT2D eigenvalue weighted by Crippen LogP contribution is -2.54. The number of alkyl halides is 2. The fraction of sp³-hybridized carbons (Fsp3) is 0.448. The summed E-state index contributed by atoms with van der Waals surface area (Å²) in [7, 11) is 1.20. The predicted molar refractivity (Wildman–Crippen MR) is 144 cm³/mol. The third-order valence-electron chi connectivity index (χ3n) is 8.05. The van der Waals surface area contributed by atoms with Crippen LogP contribution in [0.3, 0.4) is 0 Å². The third-order valence-corrected chi connectivity index (χ3v) is 8.54. The number of ketones is 1. The van der Waals surface area contributed by atoms with Crippen molar-refractivity contribution in [2.45, 2.75) is 51.1 Å². The molecule has 2 amide bonds. The molecule has 1 saturated heterocycles. The van der Waals surface area contributed by atoms with Crippen LogP contribution in [0.15, 0.2) is 40.9 Å². The van der Waals surface area contributed by atoms with E-state index in [1.165, 1.54) is 30.2 Å². The number of alkyl carbamates (subject to hydrolysis) is 1. The number of likely N-dealkylation sites (tertiary alicyclic amines) is 1. The molecule has 3 aliphatic rings. The first-order valence-electron chi connectivity index (χ1n) is 13.0. The molecular formula is C29H29BrF2N2O6. The van der Waals surface area contributed by atoms with Crippen molar-refractivity contribution < 1.29 is 37.4 Å². The van der Waals surface area contributed by atoms with Crippen LogP contribution in [0, 0.1) is 11.3 Å². The Bertz CT molecular complexity index is 1410. The Balaban J connectivity index is 1.29. The number of methoxy groups -OCH3 is 1. The van der Waals surface area contributed by atoms with E-state index in [0.717, 1.165) is 18.9 Å². The van der Waals surface area contributed by atoms with Crippen LogP contribution < -0.4 is 5.32 Å². The summed E-state index contributed by atoms with van der Waals surface area (Å²) in [5.41, 5.74) is 0.142. The molecule has 11 heteroatoms. The van der Waals surface area contributed by atoms with Crippen molar-refractivity contribution in [3.8, 4) is 11.1 Å². The monoisotopic (exact) mass is 618 g/mol. The van der Waals surface area contributed by atoms with Crippen molar-refractivity contribution in [2.24, 2.45) is 11.3 Å². The van der Waals surface area contributed by atoms with E-state index in [9.17, 15) is 19.2 Å². The molecule has 8 nitrogen and oxygen atoms in total. The number of fused-ring (bicyclic) bond motifs is 3. The molecule has 40 heavy (non-hydrogen) atoms. The van der Waals surface area contributed by atoms with Crippen molar-refractivity contribution in [3.63, 3.8) is 0 Å². The van der Waals surface area contributed by atoms with Crippen LogP contribution in [-0.2, 0) is 25.0 Å². The Labute approximate surface area is 238 Å². The highest BCUT2D eigenvalue weighted by Gasteiger charge is 2.56. The first kappa shape index (κ1) is 28.2. The molecule has 5 rings (SSSR count). The minimum absolute atomic E-state index is 0.00161. The molecule has 2 unspecified atom stereocenters. The minimum atomic E-state index is -3.28. The lowest BCUT2D eigenvalue weighted by molar-refractivity contribution is -0.153. The maximum Gasteiger partial charge on any atom is 0.407 e. The zero-order chi connectivity index (χ0) is 29.0. The SMILES string of the molecule is COC(=O)NC(C(=O)N1CC2(CC2)CC1C(=O)OCC(=O)c1ccc2c(c1)C(F)(F)c1cc(Br)ccc1-2)C(C)C. The van der Waals surface area contributed by atoms with Gasteiger partial charge < -0.3 is 19.7 Å². The van der Waals surface area contributed by atoms with Crippen LogP contribution in [0.4, 0.5) is 13.6 Å². The second kappa shape index (κ2) is 10.2. The Kier molecular flexibility index (Phi) is 7.22. The summed E-state index contributed by atoms with van der Waals surface area (Å²) < 4.78 is 40.9. The molecule has 1 saturated carbocycles. The van der Waals surface area contributed by atoms with Crippen molar-refractivity contribution in [3.05, 3.63) is 57.6 Å². The second-order valence-electron chi connectivity index (χ2n) is 11.1. The first-order valence-corrected chi connectivity index (χ1v) is 13.8. The van der Waals surface area contributed by atoms with E-state index in [1.54, 1.807) is 26.0 Å². The molecule has 0 aromatic heterocycles. The first-order chi connectivity index (χ1) is 18.9. The van der Waals surface area contributed by atoms with E-state index in [1.807, 2.05) is 0 Å². The highest BCUT2D eigenvalue weighted by molar-refractivity contribution is 9.10. The molecule has 1 aliphatic heterocycles. The van der Waals surface area contributed by atoms with Crippen LogP contribution in [0.1, 0.15) is 54.6 Å². The van der Waals surface area contributed by atoms with Crippen molar-refractivity contribution >= 4 is 39.7 Å². The number of amides is 2. The Morgan fingerprint density at radius 3 is 2.35 bits per heavy atom. The number of rotatable bonds is 7. The van der Waals surface area contributed by atoms with Gasteiger partial charge in [-0.1, -0.05) is 48.0 Å². The summed E-state index contributed by atoms with van der Waals surface area (Å²) in [6.07, 6.45) is 1.36. The molecule has 0 radical (unpaired) electrons. The number of hydrogen-bond donors (Lipinski definition) is 1. The van der Waals surface area contributed by atoms with Crippen LogP contribution in [-0.4, -0.2) is 61.0 Å². The number of esters is 1. The van der Waals surface area contributed by atoms with E-state index in [4.69, 9.17) is 4.74 Å². The molecule has 212 valence electrons. The Morgan fingerprint density at radius 1 is 1.07 bits per heavy atom. The molecular weight excluding hydrogens is 590 g/mol. The number of nitrogens with one attached hydrogen (secondary N) is 1. The van der Waals surface area contributed by atoms with Crippen LogP contribution in [0.25, 0.3) is 11.1 Å². The van der Waals surface area contributed by atoms with Gasteiger partial charge >= 0.3 is 12.1 Å². The van der Waals surface area contributed by atoms with Crippen molar-refractivity contribution in [1.29, 1.82) is 0 Å². The summed E-state index contributed by atoms with van der Waals surface area (Å²) in [6.45, 7) is 3.24. The fourth-order valence-corrected chi connectivity index (χ4v) is 5.96. The van der Waals surface area contributed by atoms with E-state index in [0.29, 0.717) is 28.6 Å². The minimum Gasteiger partial charge on any atom is -0.456 e. The van der Waals surface area contributed by atoms with Gasteiger partial charge in [-0.3, -0.25) is 9.59 Å². The average molecular weight is 619 g/mol. The quantitative estimate of drug-likeness (QED) is 0.344. The molecule has 2 atom stereocenters. The van der Waals surface area contributed by atoms with Gasteiger partial charge in [0.2, 0.25) is 5.91 Å². The van der Waals surface area contributed by atoms with Crippen LogP contribution >= 0.6 is 15.9 Å². The topological polar surface area (TPSA) is 102 Å². The molecule has 0 bridgehead atoms. The number of ether oxygens (including phenoxy) is 2. The smallest absolute Gasteiger partial charge is 0.407 e. The van der Waals surface area contributed by atoms with E-state index >= 15 is 8.78 Å². The summed E-state index contributed by atoms with van der Waals surface area (Å²) >= 11 is 3.23. The van der Waals surface area contributed by atoms with Gasteiger partial charge in [-0.15, -0.1) is 0 Å². The highest BCUT2D eigenvalue weighted by Crippen LogP contribution is 2.55. The van der Waals surface area contributed by atoms with Crippen LogP contribution in [0.5, 0.6) is 0 Å². The van der Waals surface area contributed by atoms with Gasteiger partial charge in [0, 0.05) is 27.7 Å². The second-order valence-corrected chi connectivity index (χ2v) is 12.0. The Hall–Kier alpha value is -3.34. The lowest BCUT2D eigenvalue weighted by Gasteiger charge is -2.29. The summed E-state index contributed by atoms with van der Waals surface area (Å²) in [6, 6.07) is 6.90. The maximum absolute atomic E-state index is 15.2. The summed E-state index contributed by atoms with van der Waals surface area (Å²) in [5, 5.41) is 2.54. The number of Topliss-reactive ketones (excluding diaryl/α,β-unsaturated/α-hetero) is 1. The fourth-order valence-electron chi connectivity index (χ4n) is 5.60.